The summed E-state index contributed by atoms with van der Waals surface area (Å²) in [6, 6.07) is 13.2. The van der Waals surface area contributed by atoms with Gasteiger partial charge in [-0.1, -0.05) is 12.5 Å². The van der Waals surface area contributed by atoms with Crippen molar-refractivity contribution >= 4 is 21.6 Å². The Kier molecular flexibility index (Phi) is 5.59. The van der Waals surface area contributed by atoms with Gasteiger partial charge >= 0.3 is 0 Å². The van der Waals surface area contributed by atoms with Gasteiger partial charge in [-0.2, -0.15) is 9.57 Å². The Morgan fingerprint density at radius 2 is 1.74 bits per heavy atom. The van der Waals surface area contributed by atoms with Gasteiger partial charge in [0, 0.05) is 24.3 Å². The summed E-state index contributed by atoms with van der Waals surface area (Å²) in [5.74, 6) is -0.394. The normalized spacial score (nSPS) is 15.1. The van der Waals surface area contributed by atoms with Gasteiger partial charge in [0.15, 0.2) is 0 Å². The number of rotatable bonds is 4. The van der Waals surface area contributed by atoms with Gasteiger partial charge in [0.2, 0.25) is 10.0 Å². The molecule has 1 aliphatic heterocycles. The molecule has 2 aromatic rings. The van der Waals surface area contributed by atoms with Crippen LogP contribution < -0.4 is 5.32 Å². The first kappa shape index (κ1) is 19.1. The van der Waals surface area contributed by atoms with Gasteiger partial charge in [0.05, 0.1) is 16.5 Å². The molecule has 0 atom stereocenters. The molecular weight excluding hydrogens is 362 g/mol. The van der Waals surface area contributed by atoms with Gasteiger partial charge in [-0.15, -0.1) is 0 Å². The van der Waals surface area contributed by atoms with E-state index in [-0.39, 0.29) is 10.5 Å². The molecule has 1 heterocycles. The first-order valence-corrected chi connectivity index (χ1v) is 10.3. The Hall–Kier alpha value is -2.69. The van der Waals surface area contributed by atoms with E-state index < -0.39 is 15.9 Å². The zero-order valence-electron chi connectivity index (χ0n) is 15.1. The molecule has 1 N–H and O–H groups in total. The molecule has 1 aliphatic rings. The lowest BCUT2D eigenvalue weighted by Gasteiger charge is -2.26. The molecule has 0 aliphatic carbocycles. The van der Waals surface area contributed by atoms with Gasteiger partial charge in [0.1, 0.15) is 0 Å². The quantitative estimate of drug-likeness (QED) is 0.877. The van der Waals surface area contributed by atoms with Crippen LogP contribution in [0.15, 0.2) is 47.4 Å². The van der Waals surface area contributed by atoms with E-state index in [1.165, 1.54) is 10.4 Å². The Morgan fingerprint density at radius 3 is 2.37 bits per heavy atom. The molecule has 6 nitrogen and oxygen atoms in total. The van der Waals surface area contributed by atoms with E-state index in [9.17, 15) is 13.2 Å². The molecule has 140 valence electrons. The molecule has 1 saturated heterocycles. The Bertz CT molecular complexity index is 986. The minimum Gasteiger partial charge on any atom is -0.322 e. The van der Waals surface area contributed by atoms with E-state index in [4.69, 9.17) is 5.26 Å². The molecular formula is C20H21N3O3S. The summed E-state index contributed by atoms with van der Waals surface area (Å²) in [5.41, 5.74) is 1.94. The number of hydrogen-bond donors (Lipinski definition) is 1. The third-order valence-electron chi connectivity index (χ3n) is 4.66. The van der Waals surface area contributed by atoms with E-state index in [2.05, 4.69) is 5.32 Å². The maximum atomic E-state index is 13.0. The summed E-state index contributed by atoms with van der Waals surface area (Å²) in [7, 11) is -3.61. The number of hydrogen-bond acceptors (Lipinski definition) is 4. The third kappa shape index (κ3) is 4.18. The highest BCUT2D eigenvalue weighted by molar-refractivity contribution is 7.89. The molecule has 0 radical (unpaired) electrons. The van der Waals surface area contributed by atoms with Crippen molar-refractivity contribution in [3.05, 3.63) is 59.2 Å². The zero-order chi connectivity index (χ0) is 19.4. The number of piperidine rings is 1. The molecule has 0 bridgehead atoms. The third-order valence-corrected chi connectivity index (χ3v) is 6.70. The first-order valence-electron chi connectivity index (χ1n) is 8.84. The number of sulfonamides is 1. The standard InChI is InChI=1S/C20H21N3O3S/c1-15-5-8-17(20(24)22-18-9-6-16(14-21)7-10-18)13-19(15)27(25,26)23-11-3-2-4-12-23/h5-10,13H,2-4,11-12H2,1H3,(H,22,24). The molecule has 1 fully saturated rings. The van der Waals surface area contributed by atoms with Gasteiger partial charge in [-0.3, -0.25) is 4.79 Å². The molecule has 3 rings (SSSR count). The lowest BCUT2D eigenvalue weighted by molar-refractivity contribution is 0.102. The number of nitrogens with zero attached hydrogens (tertiary/aromatic N) is 2. The van der Waals surface area contributed by atoms with Gasteiger partial charge in [0.25, 0.3) is 5.91 Å². The van der Waals surface area contributed by atoms with E-state index in [0.29, 0.717) is 29.9 Å². The fourth-order valence-corrected chi connectivity index (χ4v) is 4.86. The zero-order valence-corrected chi connectivity index (χ0v) is 15.9. The van der Waals surface area contributed by atoms with E-state index in [1.54, 1.807) is 43.3 Å². The summed E-state index contributed by atoms with van der Waals surface area (Å²) in [6.07, 6.45) is 2.76. The number of carbonyl (C=O) groups excluding carboxylic acids is 1. The Balaban J connectivity index is 1.85. The molecule has 2 aromatic carbocycles. The maximum Gasteiger partial charge on any atom is 0.255 e. The Labute approximate surface area is 159 Å². The van der Waals surface area contributed by atoms with Gasteiger partial charge in [-0.05, 0) is 61.7 Å². The van der Waals surface area contributed by atoms with Crippen molar-refractivity contribution in [1.82, 2.24) is 4.31 Å². The fraction of sp³-hybridized carbons (Fsp3) is 0.300. The molecule has 0 unspecified atom stereocenters. The SMILES string of the molecule is Cc1ccc(C(=O)Nc2ccc(C#N)cc2)cc1S(=O)(=O)N1CCCCC1. The fourth-order valence-electron chi connectivity index (χ4n) is 3.09. The van der Waals surface area contributed by atoms with Gasteiger partial charge < -0.3 is 5.32 Å². The summed E-state index contributed by atoms with van der Waals surface area (Å²) >= 11 is 0. The minimum atomic E-state index is -3.61. The monoisotopic (exact) mass is 383 g/mol. The molecule has 1 amide bonds. The van der Waals surface area contributed by atoms with Crippen LogP contribution in [-0.2, 0) is 10.0 Å². The van der Waals surface area contributed by atoms with E-state index in [1.807, 2.05) is 6.07 Å². The van der Waals surface area contributed by atoms with E-state index in [0.717, 1.165) is 19.3 Å². The molecule has 0 aromatic heterocycles. The van der Waals surface area contributed by atoms with Gasteiger partial charge in [-0.25, -0.2) is 8.42 Å². The van der Waals surface area contributed by atoms with Crippen molar-refractivity contribution in [1.29, 1.82) is 5.26 Å². The van der Waals surface area contributed by atoms with Crippen molar-refractivity contribution in [2.45, 2.75) is 31.1 Å². The number of aryl methyl sites for hydroxylation is 1. The average Bonchev–Trinajstić information content (AvgIpc) is 2.69. The van der Waals surface area contributed by atoms with E-state index >= 15 is 0 Å². The van der Waals surface area contributed by atoms with Crippen molar-refractivity contribution in [2.24, 2.45) is 0 Å². The van der Waals surface area contributed by atoms with Crippen LogP contribution in [0.25, 0.3) is 0 Å². The average molecular weight is 383 g/mol. The number of amides is 1. The summed E-state index contributed by atoms with van der Waals surface area (Å²) in [5, 5.41) is 11.6. The first-order chi connectivity index (χ1) is 12.9. The highest BCUT2D eigenvalue weighted by atomic mass is 32.2. The van der Waals surface area contributed by atoms with Crippen molar-refractivity contribution < 1.29 is 13.2 Å². The minimum absolute atomic E-state index is 0.178. The van der Waals surface area contributed by atoms with Crippen LogP contribution in [0.1, 0.15) is 40.7 Å². The number of carbonyl (C=O) groups is 1. The lowest BCUT2D eigenvalue weighted by Crippen LogP contribution is -2.36. The van der Waals surface area contributed by atoms with Crippen LogP contribution in [-0.4, -0.2) is 31.7 Å². The lowest BCUT2D eigenvalue weighted by atomic mass is 10.1. The second kappa shape index (κ2) is 7.91. The van der Waals surface area contributed by atoms with Crippen LogP contribution in [0.2, 0.25) is 0 Å². The molecule has 0 spiro atoms. The second-order valence-electron chi connectivity index (χ2n) is 6.59. The number of nitrogens with one attached hydrogen (secondary N) is 1. The Morgan fingerprint density at radius 1 is 1.07 bits per heavy atom. The van der Waals surface area contributed by atoms with Crippen LogP contribution in [0.5, 0.6) is 0 Å². The largest absolute Gasteiger partial charge is 0.322 e. The summed E-state index contributed by atoms with van der Waals surface area (Å²) < 4.78 is 27.5. The molecule has 0 saturated carbocycles. The van der Waals surface area contributed by atoms with Crippen molar-refractivity contribution in [3.8, 4) is 6.07 Å². The van der Waals surface area contributed by atoms with Crippen molar-refractivity contribution in [2.75, 3.05) is 18.4 Å². The summed E-state index contributed by atoms with van der Waals surface area (Å²) in [6.45, 7) is 2.77. The highest BCUT2D eigenvalue weighted by Crippen LogP contribution is 2.25. The predicted octanol–water partition coefficient (Wildman–Crippen LogP) is 3.29. The highest BCUT2D eigenvalue weighted by Gasteiger charge is 2.28. The molecule has 27 heavy (non-hydrogen) atoms. The predicted molar refractivity (Wildman–Crippen MR) is 103 cm³/mol. The second-order valence-corrected chi connectivity index (χ2v) is 8.49. The van der Waals surface area contributed by atoms with Crippen LogP contribution in [0.4, 0.5) is 5.69 Å². The van der Waals surface area contributed by atoms with Crippen LogP contribution in [0.3, 0.4) is 0 Å². The maximum absolute atomic E-state index is 13.0. The van der Waals surface area contributed by atoms with Crippen molar-refractivity contribution in [3.63, 3.8) is 0 Å². The molecule has 7 heteroatoms. The van der Waals surface area contributed by atoms with Crippen LogP contribution in [0, 0.1) is 18.3 Å². The topological polar surface area (TPSA) is 90.3 Å². The number of benzene rings is 2. The number of anilines is 1. The van der Waals surface area contributed by atoms with Crippen LogP contribution >= 0.6 is 0 Å². The summed E-state index contributed by atoms with van der Waals surface area (Å²) in [4.78, 5) is 12.7. The smallest absolute Gasteiger partial charge is 0.255 e. The number of nitriles is 1.